The van der Waals surface area contributed by atoms with Crippen LogP contribution in [-0.2, 0) is 19.2 Å². The number of aliphatic hydroxyl groups is 1. The van der Waals surface area contributed by atoms with Crippen molar-refractivity contribution >= 4 is 23.8 Å². The summed E-state index contributed by atoms with van der Waals surface area (Å²) in [5, 5.41) is 35.6. The zero-order chi connectivity index (χ0) is 16.5. The highest BCUT2D eigenvalue weighted by atomic mass is 16.4. The molecule has 0 aromatic carbocycles. The maximum absolute atomic E-state index is 10.4. The molecule has 0 radical (unpaired) electrons. The number of aliphatic carboxylic acids is 3. The third-order valence-corrected chi connectivity index (χ3v) is 2.01. The van der Waals surface area contributed by atoms with Crippen molar-refractivity contribution in [2.24, 2.45) is 5.92 Å². The Morgan fingerprint density at radius 3 is 1.55 bits per heavy atom. The second kappa shape index (κ2) is 9.73. The Balaban J connectivity index is 0. The zero-order valence-electron chi connectivity index (χ0n) is 11.4. The number of carboxylic acids is 3. The van der Waals surface area contributed by atoms with Crippen LogP contribution in [0.5, 0.6) is 0 Å². The van der Waals surface area contributed by atoms with Crippen LogP contribution in [0.2, 0.25) is 0 Å². The van der Waals surface area contributed by atoms with Gasteiger partial charge in [-0.3, -0.25) is 14.4 Å². The summed E-state index contributed by atoms with van der Waals surface area (Å²) in [6, 6.07) is -1.22. The van der Waals surface area contributed by atoms with E-state index >= 15 is 0 Å². The van der Waals surface area contributed by atoms with Crippen LogP contribution in [0.25, 0.3) is 0 Å². The van der Waals surface area contributed by atoms with Crippen molar-refractivity contribution in [3.63, 3.8) is 0 Å². The highest BCUT2D eigenvalue weighted by molar-refractivity contribution is 5.82. The summed E-state index contributed by atoms with van der Waals surface area (Å²) in [5.41, 5.74) is 0. The number of carbonyl (C=O) groups excluding carboxylic acids is 1. The van der Waals surface area contributed by atoms with Gasteiger partial charge in [-0.1, -0.05) is 6.92 Å². The van der Waals surface area contributed by atoms with Gasteiger partial charge in [0, 0.05) is 6.92 Å². The van der Waals surface area contributed by atoms with Crippen molar-refractivity contribution in [1.82, 2.24) is 5.32 Å². The van der Waals surface area contributed by atoms with Crippen molar-refractivity contribution in [1.29, 1.82) is 0 Å². The molecule has 0 aromatic rings. The second-order valence-corrected chi connectivity index (χ2v) is 4.09. The summed E-state index contributed by atoms with van der Waals surface area (Å²) in [6.07, 6.45) is -1.40. The van der Waals surface area contributed by atoms with Gasteiger partial charge in [0.2, 0.25) is 5.91 Å². The number of amides is 1. The number of hydrogen-bond donors (Lipinski definition) is 5. The van der Waals surface area contributed by atoms with Crippen LogP contribution < -0.4 is 5.32 Å². The van der Waals surface area contributed by atoms with Crippen molar-refractivity contribution in [2.45, 2.75) is 39.3 Å². The van der Waals surface area contributed by atoms with E-state index in [4.69, 9.17) is 20.4 Å². The summed E-state index contributed by atoms with van der Waals surface area (Å²) in [7, 11) is 0. The predicted molar refractivity (Wildman–Crippen MR) is 66.0 cm³/mol. The third-order valence-electron chi connectivity index (χ3n) is 2.01. The summed E-state index contributed by atoms with van der Waals surface area (Å²) in [5.74, 6) is -4.65. The Labute approximate surface area is 115 Å². The molecule has 0 spiro atoms. The summed E-state index contributed by atoms with van der Waals surface area (Å²) in [4.78, 5) is 40.5. The summed E-state index contributed by atoms with van der Waals surface area (Å²) < 4.78 is 0. The van der Waals surface area contributed by atoms with Gasteiger partial charge in [0.1, 0.15) is 0 Å². The maximum Gasteiger partial charge on any atom is 0.328 e. The minimum Gasteiger partial charge on any atom is -0.481 e. The van der Waals surface area contributed by atoms with Crippen LogP contribution in [0.1, 0.15) is 27.2 Å². The molecule has 0 aliphatic rings. The lowest BCUT2D eigenvalue weighted by molar-refractivity contribution is -0.147. The lowest BCUT2D eigenvalue weighted by atomic mass is 10.1. The van der Waals surface area contributed by atoms with Crippen molar-refractivity contribution in [3.8, 4) is 0 Å². The van der Waals surface area contributed by atoms with Gasteiger partial charge < -0.3 is 25.7 Å². The lowest BCUT2D eigenvalue weighted by Crippen LogP contribution is -2.46. The van der Waals surface area contributed by atoms with Crippen molar-refractivity contribution in [2.75, 3.05) is 0 Å². The fourth-order valence-electron chi connectivity index (χ4n) is 0.957. The highest BCUT2D eigenvalue weighted by Gasteiger charge is 2.23. The van der Waals surface area contributed by atoms with Crippen LogP contribution in [0.3, 0.4) is 0 Å². The molecule has 20 heavy (non-hydrogen) atoms. The minimum absolute atomic E-state index is 0.310. The fourth-order valence-corrected chi connectivity index (χ4v) is 0.957. The van der Waals surface area contributed by atoms with Gasteiger partial charge in [0.15, 0.2) is 6.04 Å². The second-order valence-electron chi connectivity index (χ2n) is 4.09. The van der Waals surface area contributed by atoms with Gasteiger partial charge in [0.05, 0.1) is 18.4 Å². The van der Waals surface area contributed by atoms with E-state index in [2.05, 4.69) is 5.32 Å². The standard InChI is InChI=1S/C6H11NO4.C5H8O4/c1-3(8)5(6(10)11)7-4(2)9;1-3(5(8)9)2-4(6)7/h3,5,8H,1-2H3,(H,7,9)(H,10,11);3H,2H2,1H3,(H,6,7)(H,8,9)/t3-,5+;/m1./s1. The Kier molecular flexibility index (Phi) is 9.81. The number of rotatable bonds is 6. The number of carbonyl (C=O) groups is 4. The Morgan fingerprint density at radius 2 is 1.45 bits per heavy atom. The van der Waals surface area contributed by atoms with Crippen LogP contribution in [0, 0.1) is 5.92 Å². The zero-order valence-corrected chi connectivity index (χ0v) is 11.4. The molecule has 1 amide bonds. The molecule has 0 heterocycles. The van der Waals surface area contributed by atoms with Crippen LogP contribution in [-0.4, -0.2) is 56.4 Å². The molecule has 0 bridgehead atoms. The Bertz CT molecular complexity index is 365. The molecular formula is C11H19NO8. The van der Waals surface area contributed by atoms with Crippen molar-refractivity contribution < 1.29 is 39.6 Å². The largest absolute Gasteiger partial charge is 0.481 e. The summed E-state index contributed by atoms with van der Waals surface area (Å²) in [6.45, 7) is 3.85. The molecule has 9 heteroatoms. The molecule has 0 rings (SSSR count). The van der Waals surface area contributed by atoms with E-state index in [1.807, 2.05) is 0 Å². The molecule has 9 nitrogen and oxygen atoms in total. The first-order chi connectivity index (χ1) is 8.98. The van der Waals surface area contributed by atoms with E-state index in [1.54, 1.807) is 0 Å². The van der Waals surface area contributed by atoms with Crippen LogP contribution >= 0.6 is 0 Å². The van der Waals surface area contributed by atoms with E-state index in [0.717, 1.165) is 0 Å². The van der Waals surface area contributed by atoms with Gasteiger partial charge in [0.25, 0.3) is 0 Å². The SMILES string of the molecule is CC(=O)N[C@H](C(=O)O)[C@@H](C)O.CC(CC(=O)O)C(=O)O. The van der Waals surface area contributed by atoms with E-state index in [9.17, 15) is 19.2 Å². The monoisotopic (exact) mass is 293 g/mol. The normalized spacial score (nSPS) is 14.0. The molecule has 5 N–H and O–H groups in total. The van der Waals surface area contributed by atoms with Crippen LogP contribution in [0.4, 0.5) is 0 Å². The van der Waals surface area contributed by atoms with E-state index in [-0.39, 0.29) is 6.42 Å². The average Bonchev–Trinajstić information content (AvgIpc) is 2.24. The molecule has 1 unspecified atom stereocenters. The lowest BCUT2D eigenvalue weighted by Gasteiger charge is -2.15. The molecule has 0 aliphatic heterocycles. The average molecular weight is 293 g/mol. The topological polar surface area (TPSA) is 161 Å². The maximum atomic E-state index is 10.4. The minimum atomic E-state index is -1.24. The fraction of sp³-hybridized carbons (Fsp3) is 0.636. The first-order valence-corrected chi connectivity index (χ1v) is 5.61. The first kappa shape index (κ1) is 20.2. The van der Waals surface area contributed by atoms with Crippen molar-refractivity contribution in [3.05, 3.63) is 0 Å². The van der Waals surface area contributed by atoms with E-state index in [1.165, 1.54) is 20.8 Å². The number of carboxylic acid groups (broad SMARTS) is 3. The van der Waals surface area contributed by atoms with E-state index in [0.29, 0.717) is 0 Å². The molecule has 0 saturated heterocycles. The third kappa shape index (κ3) is 11.0. The highest BCUT2D eigenvalue weighted by Crippen LogP contribution is 1.99. The smallest absolute Gasteiger partial charge is 0.328 e. The van der Waals surface area contributed by atoms with E-state index < -0.39 is 41.9 Å². The van der Waals surface area contributed by atoms with Crippen LogP contribution in [0.15, 0.2) is 0 Å². The molecule has 0 saturated carbocycles. The number of nitrogens with one attached hydrogen (secondary N) is 1. The van der Waals surface area contributed by atoms with Gasteiger partial charge in [-0.05, 0) is 6.92 Å². The Morgan fingerprint density at radius 1 is 1.00 bits per heavy atom. The molecule has 0 fully saturated rings. The van der Waals surface area contributed by atoms with Gasteiger partial charge in [-0.25, -0.2) is 4.79 Å². The molecule has 3 atom stereocenters. The number of hydrogen-bond acceptors (Lipinski definition) is 5. The van der Waals surface area contributed by atoms with Gasteiger partial charge in [-0.15, -0.1) is 0 Å². The van der Waals surface area contributed by atoms with Gasteiger partial charge in [-0.2, -0.15) is 0 Å². The molecule has 0 aromatic heterocycles. The van der Waals surface area contributed by atoms with Gasteiger partial charge >= 0.3 is 17.9 Å². The first-order valence-electron chi connectivity index (χ1n) is 5.61. The predicted octanol–water partition coefficient (Wildman–Crippen LogP) is -0.862. The molecular weight excluding hydrogens is 274 g/mol. The quantitative estimate of drug-likeness (QED) is 0.422. The summed E-state index contributed by atoms with van der Waals surface area (Å²) >= 11 is 0. The number of aliphatic hydroxyl groups excluding tert-OH is 1. The molecule has 116 valence electrons. The molecule has 0 aliphatic carbocycles. The Hall–Kier alpha value is -2.16.